The summed E-state index contributed by atoms with van der Waals surface area (Å²) in [4.78, 5) is 8.74. The number of halogens is 2. The predicted molar refractivity (Wildman–Crippen MR) is 87.8 cm³/mol. The minimum absolute atomic E-state index is 0.00522. The fourth-order valence-corrected chi connectivity index (χ4v) is 3.14. The molecule has 1 heterocycles. The van der Waals surface area contributed by atoms with Gasteiger partial charge in [-0.2, -0.15) is 0 Å². The molecule has 0 radical (unpaired) electrons. The van der Waals surface area contributed by atoms with Crippen molar-refractivity contribution in [1.82, 2.24) is 9.80 Å². The topological polar surface area (TPSA) is 44.9 Å². The standard InChI is InChI=1S/C15H22BrFN4/c1-3-20(4-2)7-8-21-14(10-19-15(21)18)12-9-11(17)5-6-13(12)16/h5-6,9,14H,3-4,7-8,10H2,1-2H3,(H2,18,19). The van der Waals surface area contributed by atoms with Gasteiger partial charge in [0.05, 0.1) is 12.6 Å². The summed E-state index contributed by atoms with van der Waals surface area (Å²) in [6.07, 6.45) is 0. The number of hydrogen-bond donors (Lipinski definition) is 1. The van der Waals surface area contributed by atoms with E-state index < -0.39 is 0 Å². The number of nitrogens with two attached hydrogens (primary N) is 1. The molecule has 2 rings (SSSR count). The van der Waals surface area contributed by atoms with Crippen molar-refractivity contribution < 1.29 is 4.39 Å². The van der Waals surface area contributed by atoms with E-state index >= 15 is 0 Å². The first-order valence-electron chi connectivity index (χ1n) is 7.30. The van der Waals surface area contributed by atoms with Gasteiger partial charge in [-0.05, 0) is 36.9 Å². The minimum Gasteiger partial charge on any atom is -0.370 e. The van der Waals surface area contributed by atoms with Crippen LogP contribution in [0.5, 0.6) is 0 Å². The molecule has 6 heteroatoms. The average Bonchev–Trinajstić information content (AvgIpc) is 2.84. The molecule has 21 heavy (non-hydrogen) atoms. The Hall–Kier alpha value is -1.14. The van der Waals surface area contributed by atoms with E-state index in [4.69, 9.17) is 5.73 Å². The van der Waals surface area contributed by atoms with Gasteiger partial charge in [0.25, 0.3) is 0 Å². The molecule has 0 aromatic heterocycles. The molecule has 1 aliphatic heterocycles. The van der Waals surface area contributed by atoms with Crippen LogP contribution in [0.3, 0.4) is 0 Å². The molecule has 0 saturated heterocycles. The van der Waals surface area contributed by atoms with E-state index in [9.17, 15) is 4.39 Å². The third-order valence-corrected chi connectivity index (χ3v) is 4.69. The van der Waals surface area contributed by atoms with Crippen molar-refractivity contribution in [3.63, 3.8) is 0 Å². The van der Waals surface area contributed by atoms with Crippen LogP contribution in [0, 0.1) is 5.82 Å². The van der Waals surface area contributed by atoms with Crippen molar-refractivity contribution in [3.05, 3.63) is 34.1 Å². The summed E-state index contributed by atoms with van der Waals surface area (Å²) in [5.74, 6) is 0.311. The third kappa shape index (κ3) is 3.74. The minimum atomic E-state index is -0.234. The number of rotatable bonds is 6. The molecular weight excluding hydrogens is 335 g/mol. The van der Waals surface area contributed by atoms with E-state index in [1.165, 1.54) is 6.07 Å². The maximum Gasteiger partial charge on any atom is 0.191 e. The first-order valence-corrected chi connectivity index (χ1v) is 8.10. The van der Waals surface area contributed by atoms with Crippen LogP contribution in [0.4, 0.5) is 4.39 Å². The highest BCUT2D eigenvalue weighted by Gasteiger charge is 2.29. The molecule has 116 valence electrons. The van der Waals surface area contributed by atoms with Crippen molar-refractivity contribution in [2.75, 3.05) is 32.7 Å². The lowest BCUT2D eigenvalue weighted by atomic mass is 10.1. The molecule has 0 spiro atoms. The Morgan fingerprint density at radius 3 is 2.81 bits per heavy atom. The van der Waals surface area contributed by atoms with Gasteiger partial charge < -0.3 is 15.5 Å². The van der Waals surface area contributed by atoms with Crippen LogP contribution < -0.4 is 5.73 Å². The normalized spacial score (nSPS) is 18.4. The second-order valence-electron chi connectivity index (χ2n) is 5.10. The highest BCUT2D eigenvalue weighted by Crippen LogP contribution is 2.31. The summed E-state index contributed by atoms with van der Waals surface area (Å²) in [6.45, 7) is 8.60. The number of nitrogens with zero attached hydrogens (tertiary/aromatic N) is 3. The van der Waals surface area contributed by atoms with Gasteiger partial charge in [-0.15, -0.1) is 0 Å². The average molecular weight is 357 g/mol. The zero-order chi connectivity index (χ0) is 15.4. The van der Waals surface area contributed by atoms with E-state index in [0.717, 1.165) is 36.2 Å². The number of aliphatic imine (C=N–C) groups is 1. The van der Waals surface area contributed by atoms with Crippen molar-refractivity contribution >= 4 is 21.9 Å². The summed E-state index contributed by atoms with van der Waals surface area (Å²) < 4.78 is 14.4. The van der Waals surface area contributed by atoms with Crippen LogP contribution in [0.25, 0.3) is 0 Å². The lowest BCUT2D eigenvalue weighted by molar-refractivity contribution is 0.248. The Bertz CT molecular complexity index is 516. The summed E-state index contributed by atoms with van der Waals surface area (Å²) in [5, 5.41) is 0. The molecule has 0 amide bonds. The molecule has 0 fully saturated rings. The zero-order valence-electron chi connectivity index (χ0n) is 12.5. The number of guanidine groups is 1. The molecule has 0 saturated carbocycles. The second kappa shape index (κ2) is 7.22. The zero-order valence-corrected chi connectivity index (χ0v) is 14.1. The van der Waals surface area contributed by atoms with E-state index in [0.29, 0.717) is 12.5 Å². The number of benzene rings is 1. The molecule has 4 nitrogen and oxygen atoms in total. The summed E-state index contributed by atoms with van der Waals surface area (Å²) in [5.41, 5.74) is 6.91. The number of likely N-dealkylation sites (N-methyl/N-ethyl adjacent to an activating group) is 1. The van der Waals surface area contributed by atoms with E-state index in [1.807, 2.05) is 0 Å². The van der Waals surface area contributed by atoms with Gasteiger partial charge in [0.2, 0.25) is 0 Å². The molecule has 1 unspecified atom stereocenters. The first kappa shape index (κ1) is 16.2. The molecule has 1 atom stereocenters. The monoisotopic (exact) mass is 356 g/mol. The second-order valence-corrected chi connectivity index (χ2v) is 5.96. The third-order valence-electron chi connectivity index (χ3n) is 3.97. The van der Waals surface area contributed by atoms with Gasteiger partial charge in [-0.25, -0.2) is 4.39 Å². The highest BCUT2D eigenvalue weighted by atomic mass is 79.9. The van der Waals surface area contributed by atoms with Crippen LogP contribution in [-0.4, -0.2) is 48.5 Å². The van der Waals surface area contributed by atoms with Gasteiger partial charge in [-0.1, -0.05) is 29.8 Å². The quantitative estimate of drug-likeness (QED) is 0.851. The van der Waals surface area contributed by atoms with Crippen molar-refractivity contribution in [1.29, 1.82) is 0 Å². The Morgan fingerprint density at radius 2 is 2.14 bits per heavy atom. The van der Waals surface area contributed by atoms with Gasteiger partial charge in [0, 0.05) is 17.6 Å². The molecule has 0 aliphatic carbocycles. The van der Waals surface area contributed by atoms with Gasteiger partial charge in [0.15, 0.2) is 5.96 Å². The van der Waals surface area contributed by atoms with Crippen LogP contribution >= 0.6 is 15.9 Å². The van der Waals surface area contributed by atoms with Crippen molar-refractivity contribution in [2.45, 2.75) is 19.9 Å². The fraction of sp³-hybridized carbons (Fsp3) is 0.533. The fourth-order valence-electron chi connectivity index (χ4n) is 2.62. The largest absolute Gasteiger partial charge is 0.370 e. The highest BCUT2D eigenvalue weighted by molar-refractivity contribution is 9.10. The van der Waals surface area contributed by atoms with Gasteiger partial charge in [-0.3, -0.25) is 4.99 Å². The smallest absolute Gasteiger partial charge is 0.191 e. The Morgan fingerprint density at radius 1 is 1.43 bits per heavy atom. The Labute approximate surface area is 133 Å². The summed E-state index contributed by atoms with van der Waals surface area (Å²) >= 11 is 3.50. The summed E-state index contributed by atoms with van der Waals surface area (Å²) in [7, 11) is 0. The SMILES string of the molecule is CCN(CC)CCN1C(N)=NCC1c1cc(F)ccc1Br. The predicted octanol–water partition coefficient (Wildman–Crippen LogP) is 2.60. The van der Waals surface area contributed by atoms with Crippen LogP contribution in [-0.2, 0) is 0 Å². The lowest BCUT2D eigenvalue weighted by Gasteiger charge is -2.29. The van der Waals surface area contributed by atoms with Crippen molar-refractivity contribution in [3.8, 4) is 0 Å². The molecule has 2 N–H and O–H groups in total. The number of hydrogen-bond acceptors (Lipinski definition) is 4. The first-order chi connectivity index (χ1) is 10.1. The van der Waals surface area contributed by atoms with Gasteiger partial charge in [0.1, 0.15) is 5.82 Å². The Balaban J connectivity index is 2.14. The van der Waals surface area contributed by atoms with Crippen LogP contribution in [0.2, 0.25) is 0 Å². The van der Waals surface area contributed by atoms with Gasteiger partial charge >= 0.3 is 0 Å². The maximum absolute atomic E-state index is 13.5. The lowest BCUT2D eigenvalue weighted by Crippen LogP contribution is -2.41. The van der Waals surface area contributed by atoms with Crippen molar-refractivity contribution in [2.24, 2.45) is 10.7 Å². The molecular formula is C15H22BrFN4. The molecule has 1 aliphatic rings. The summed E-state index contributed by atoms with van der Waals surface area (Å²) in [6, 6.07) is 4.76. The Kier molecular flexibility index (Phi) is 5.58. The molecule has 0 bridgehead atoms. The van der Waals surface area contributed by atoms with E-state index in [2.05, 4.69) is 44.6 Å². The van der Waals surface area contributed by atoms with E-state index in [1.54, 1.807) is 12.1 Å². The molecule has 1 aromatic carbocycles. The molecule has 1 aromatic rings. The van der Waals surface area contributed by atoms with Crippen LogP contribution in [0.15, 0.2) is 27.7 Å². The van der Waals surface area contributed by atoms with Crippen LogP contribution in [0.1, 0.15) is 25.5 Å². The van der Waals surface area contributed by atoms with E-state index in [-0.39, 0.29) is 11.9 Å². The maximum atomic E-state index is 13.5.